The van der Waals surface area contributed by atoms with E-state index in [9.17, 15) is 4.79 Å². The second-order valence-electron chi connectivity index (χ2n) is 7.07. The molecule has 2 aliphatic rings. The second kappa shape index (κ2) is 8.14. The zero-order valence-corrected chi connectivity index (χ0v) is 13.5. The fourth-order valence-corrected chi connectivity index (χ4v) is 3.51. The summed E-state index contributed by atoms with van der Waals surface area (Å²) in [6.07, 6.45) is 12.5. The maximum atomic E-state index is 12.2. The molecular weight excluding hydrogens is 264 g/mol. The normalized spacial score (nSPS) is 25.0. The minimum absolute atomic E-state index is 0.0270. The minimum Gasteiger partial charge on any atom is -0.367 e. The first-order valence-corrected chi connectivity index (χ1v) is 8.80. The van der Waals surface area contributed by atoms with Crippen molar-refractivity contribution in [1.82, 2.24) is 5.32 Å². The molecule has 0 radical (unpaired) electrons. The molecule has 0 heterocycles. The summed E-state index contributed by atoms with van der Waals surface area (Å²) in [5.74, 6) is 0.0270. The van der Waals surface area contributed by atoms with Crippen LogP contribution in [0, 0.1) is 0 Å². The van der Waals surface area contributed by atoms with Gasteiger partial charge in [-0.3, -0.25) is 4.79 Å². The van der Waals surface area contributed by atoms with Gasteiger partial charge in [-0.05, 0) is 32.6 Å². The molecular formula is C17H32N2O2. The van der Waals surface area contributed by atoms with E-state index in [1.54, 1.807) is 0 Å². The van der Waals surface area contributed by atoms with E-state index in [0.29, 0.717) is 12.6 Å². The van der Waals surface area contributed by atoms with E-state index in [0.717, 1.165) is 25.7 Å². The van der Waals surface area contributed by atoms with E-state index < -0.39 is 6.10 Å². The number of amides is 1. The van der Waals surface area contributed by atoms with Gasteiger partial charge >= 0.3 is 0 Å². The molecule has 1 atom stereocenters. The predicted octanol–water partition coefficient (Wildman–Crippen LogP) is 2.89. The summed E-state index contributed by atoms with van der Waals surface area (Å²) in [5, 5.41) is 3.13. The Morgan fingerprint density at radius 2 is 1.71 bits per heavy atom. The van der Waals surface area contributed by atoms with Crippen LogP contribution in [0.1, 0.15) is 77.6 Å². The number of nitrogens with one attached hydrogen (secondary N) is 1. The maximum absolute atomic E-state index is 12.2. The van der Waals surface area contributed by atoms with Crippen molar-refractivity contribution < 1.29 is 9.53 Å². The van der Waals surface area contributed by atoms with Crippen molar-refractivity contribution in [3.8, 4) is 0 Å². The molecule has 0 aromatic carbocycles. The van der Waals surface area contributed by atoms with E-state index in [1.807, 2.05) is 6.92 Å². The van der Waals surface area contributed by atoms with Gasteiger partial charge in [-0.1, -0.05) is 44.9 Å². The van der Waals surface area contributed by atoms with Crippen LogP contribution in [-0.2, 0) is 9.53 Å². The van der Waals surface area contributed by atoms with Crippen LogP contribution in [0.25, 0.3) is 0 Å². The zero-order chi connectivity index (χ0) is 15.1. The predicted molar refractivity (Wildman–Crippen MR) is 85.1 cm³/mol. The molecule has 2 rings (SSSR count). The van der Waals surface area contributed by atoms with Crippen molar-refractivity contribution in [3.63, 3.8) is 0 Å². The lowest BCUT2D eigenvalue weighted by Gasteiger charge is -2.30. The summed E-state index contributed by atoms with van der Waals surface area (Å²) in [5.41, 5.74) is 6.21. The second-order valence-corrected chi connectivity index (χ2v) is 7.07. The van der Waals surface area contributed by atoms with Crippen LogP contribution >= 0.6 is 0 Å². The fourth-order valence-electron chi connectivity index (χ4n) is 3.51. The summed E-state index contributed by atoms with van der Waals surface area (Å²) in [7, 11) is 0. The van der Waals surface area contributed by atoms with Gasteiger partial charge in [0.05, 0.1) is 6.61 Å². The topological polar surface area (TPSA) is 64.3 Å². The zero-order valence-electron chi connectivity index (χ0n) is 13.5. The molecule has 2 saturated carbocycles. The maximum Gasteiger partial charge on any atom is 0.249 e. The molecule has 4 nitrogen and oxygen atoms in total. The van der Waals surface area contributed by atoms with Crippen LogP contribution in [0.5, 0.6) is 0 Å². The number of carbonyl (C=O) groups excluding carboxylic acids is 1. The third-order valence-corrected chi connectivity index (χ3v) is 5.04. The first-order chi connectivity index (χ1) is 10.1. The van der Waals surface area contributed by atoms with E-state index >= 15 is 0 Å². The molecule has 0 aromatic rings. The Balaban J connectivity index is 1.72. The quantitative estimate of drug-likeness (QED) is 0.767. The number of nitrogens with two attached hydrogens (primary N) is 1. The Kier molecular flexibility index (Phi) is 6.49. The SMILES string of the molecule is CC(OCC1(N)CCCCCC1)C(=O)NC1CCCCC1. The van der Waals surface area contributed by atoms with Gasteiger partial charge in [0.25, 0.3) is 0 Å². The third kappa shape index (κ3) is 5.59. The highest BCUT2D eigenvalue weighted by atomic mass is 16.5. The summed E-state index contributed by atoms with van der Waals surface area (Å²) in [4.78, 5) is 12.2. The summed E-state index contributed by atoms with van der Waals surface area (Å²) < 4.78 is 5.81. The molecule has 0 aliphatic heterocycles. The van der Waals surface area contributed by atoms with Gasteiger partial charge in [-0.25, -0.2) is 0 Å². The largest absolute Gasteiger partial charge is 0.367 e. The van der Waals surface area contributed by atoms with Gasteiger partial charge in [-0.2, -0.15) is 0 Å². The molecule has 2 fully saturated rings. The standard InChI is InChI=1S/C17H32N2O2/c1-14(16(20)19-15-9-5-4-6-10-15)21-13-17(18)11-7-2-3-8-12-17/h14-15H,2-13,18H2,1H3,(H,19,20). The number of rotatable bonds is 5. The Morgan fingerprint density at radius 1 is 1.14 bits per heavy atom. The van der Waals surface area contributed by atoms with Gasteiger partial charge in [0.15, 0.2) is 0 Å². The first kappa shape index (κ1) is 16.8. The molecule has 0 saturated heterocycles. The van der Waals surface area contributed by atoms with Gasteiger partial charge in [0.1, 0.15) is 6.10 Å². The van der Waals surface area contributed by atoms with Crippen molar-refractivity contribution in [2.24, 2.45) is 5.73 Å². The number of carbonyl (C=O) groups is 1. The Bertz CT molecular complexity index is 319. The minimum atomic E-state index is -0.393. The summed E-state index contributed by atoms with van der Waals surface area (Å²) in [6.45, 7) is 2.35. The monoisotopic (exact) mass is 296 g/mol. The van der Waals surface area contributed by atoms with Crippen LogP contribution in [0.2, 0.25) is 0 Å². The van der Waals surface area contributed by atoms with E-state index in [1.165, 1.54) is 44.9 Å². The van der Waals surface area contributed by atoms with Gasteiger partial charge in [0.2, 0.25) is 5.91 Å². The molecule has 122 valence electrons. The smallest absolute Gasteiger partial charge is 0.249 e. The molecule has 4 heteroatoms. The lowest BCUT2D eigenvalue weighted by atomic mass is 9.92. The molecule has 1 unspecified atom stereocenters. The van der Waals surface area contributed by atoms with Crippen LogP contribution in [0.3, 0.4) is 0 Å². The molecule has 0 aromatic heterocycles. The van der Waals surface area contributed by atoms with E-state index in [4.69, 9.17) is 10.5 Å². The van der Waals surface area contributed by atoms with Gasteiger partial charge < -0.3 is 15.8 Å². The molecule has 0 bridgehead atoms. The molecule has 1 amide bonds. The highest BCUT2D eigenvalue weighted by Crippen LogP contribution is 2.25. The Hall–Kier alpha value is -0.610. The summed E-state index contributed by atoms with van der Waals surface area (Å²) >= 11 is 0. The van der Waals surface area contributed by atoms with Crippen molar-refractivity contribution in [2.45, 2.75) is 95.2 Å². The highest BCUT2D eigenvalue weighted by molar-refractivity contribution is 5.80. The number of hydrogen-bond acceptors (Lipinski definition) is 3. The fraction of sp³-hybridized carbons (Fsp3) is 0.941. The lowest BCUT2D eigenvalue weighted by molar-refractivity contribution is -0.133. The highest BCUT2D eigenvalue weighted by Gasteiger charge is 2.28. The molecule has 3 N–H and O–H groups in total. The van der Waals surface area contributed by atoms with Crippen LogP contribution in [0.4, 0.5) is 0 Å². The molecule has 21 heavy (non-hydrogen) atoms. The molecule has 2 aliphatic carbocycles. The van der Waals surface area contributed by atoms with Gasteiger partial charge in [0, 0.05) is 11.6 Å². The first-order valence-electron chi connectivity index (χ1n) is 8.80. The van der Waals surface area contributed by atoms with Crippen molar-refractivity contribution >= 4 is 5.91 Å². The summed E-state index contributed by atoms with van der Waals surface area (Å²) in [6, 6.07) is 0.349. The average molecular weight is 296 g/mol. The number of hydrogen-bond donors (Lipinski definition) is 2. The van der Waals surface area contributed by atoms with E-state index in [-0.39, 0.29) is 11.4 Å². The van der Waals surface area contributed by atoms with Crippen molar-refractivity contribution in [1.29, 1.82) is 0 Å². The average Bonchev–Trinajstić information content (AvgIpc) is 2.71. The molecule has 0 spiro atoms. The third-order valence-electron chi connectivity index (χ3n) is 5.04. The van der Waals surface area contributed by atoms with Gasteiger partial charge in [-0.15, -0.1) is 0 Å². The number of ether oxygens (including phenoxy) is 1. The van der Waals surface area contributed by atoms with Crippen molar-refractivity contribution in [2.75, 3.05) is 6.61 Å². The van der Waals surface area contributed by atoms with Crippen LogP contribution in [0.15, 0.2) is 0 Å². The van der Waals surface area contributed by atoms with Crippen molar-refractivity contribution in [3.05, 3.63) is 0 Å². The Labute approximate surface area is 129 Å². The Morgan fingerprint density at radius 3 is 2.33 bits per heavy atom. The van der Waals surface area contributed by atoms with Crippen LogP contribution in [-0.4, -0.2) is 30.2 Å². The lowest BCUT2D eigenvalue weighted by Crippen LogP contribution is -2.48. The van der Waals surface area contributed by atoms with E-state index in [2.05, 4.69) is 5.32 Å². The van der Waals surface area contributed by atoms with Crippen LogP contribution < -0.4 is 11.1 Å².